The number of carbonyl (C=O) groups excluding carboxylic acids is 1. The lowest BCUT2D eigenvalue weighted by molar-refractivity contribution is -0.129. The Morgan fingerprint density at radius 3 is 2.89 bits per heavy atom. The first-order valence-electron chi connectivity index (χ1n) is 9.16. The fraction of sp³-hybridized carbons (Fsp3) is 0.286. The first-order valence-corrected chi connectivity index (χ1v) is 10.2. The number of benzene rings is 2. The van der Waals surface area contributed by atoms with E-state index in [1.165, 1.54) is 16.6 Å². The molecule has 1 N–H and O–H groups in total. The second-order valence-electron chi connectivity index (χ2n) is 6.79. The summed E-state index contributed by atoms with van der Waals surface area (Å²) in [6, 6.07) is 14.2. The van der Waals surface area contributed by atoms with Crippen LogP contribution in [0.25, 0.3) is 10.9 Å². The molecule has 0 bridgehead atoms. The van der Waals surface area contributed by atoms with E-state index in [9.17, 15) is 4.79 Å². The van der Waals surface area contributed by atoms with Gasteiger partial charge in [0.15, 0.2) is 11.5 Å². The Balaban J connectivity index is 1.27. The van der Waals surface area contributed by atoms with E-state index >= 15 is 0 Å². The van der Waals surface area contributed by atoms with Crippen LogP contribution in [0.3, 0.4) is 0 Å². The summed E-state index contributed by atoms with van der Waals surface area (Å²) in [5.41, 5.74) is 3.68. The number of aromatic amines is 1. The van der Waals surface area contributed by atoms with Gasteiger partial charge >= 0.3 is 0 Å². The maximum absolute atomic E-state index is 12.8. The summed E-state index contributed by atoms with van der Waals surface area (Å²) in [7, 11) is 0. The molecule has 0 saturated carbocycles. The van der Waals surface area contributed by atoms with Crippen LogP contribution in [0.15, 0.2) is 47.4 Å². The van der Waals surface area contributed by atoms with Crippen molar-refractivity contribution >= 4 is 28.6 Å². The summed E-state index contributed by atoms with van der Waals surface area (Å²) in [5.74, 6) is 2.14. The molecule has 5 rings (SSSR count). The number of rotatable bonds is 3. The Hall–Kier alpha value is -2.60. The smallest absolute Gasteiger partial charge is 0.233 e. The quantitative estimate of drug-likeness (QED) is 0.705. The summed E-state index contributed by atoms with van der Waals surface area (Å²) >= 11 is 1.55. The number of amides is 1. The molecule has 2 aliphatic heterocycles. The van der Waals surface area contributed by atoms with Crippen LogP contribution in [-0.4, -0.2) is 41.3 Å². The summed E-state index contributed by atoms with van der Waals surface area (Å²) < 4.78 is 11.2. The molecule has 2 aliphatic rings. The van der Waals surface area contributed by atoms with Crippen molar-refractivity contribution in [1.29, 1.82) is 0 Å². The number of carbonyl (C=O) groups is 1. The van der Waals surface area contributed by atoms with Gasteiger partial charge in [0.2, 0.25) is 5.91 Å². The van der Waals surface area contributed by atoms with Crippen molar-refractivity contribution in [3.05, 3.63) is 53.7 Å². The van der Waals surface area contributed by atoms with Crippen LogP contribution in [-0.2, 0) is 17.8 Å². The van der Waals surface area contributed by atoms with Crippen molar-refractivity contribution in [2.24, 2.45) is 0 Å². The first kappa shape index (κ1) is 16.6. The monoisotopic (exact) mass is 380 g/mol. The predicted molar refractivity (Wildman–Crippen MR) is 106 cm³/mol. The molecule has 5 nitrogen and oxygen atoms in total. The molecule has 0 aliphatic carbocycles. The van der Waals surface area contributed by atoms with Crippen LogP contribution in [0.5, 0.6) is 11.5 Å². The zero-order valence-corrected chi connectivity index (χ0v) is 15.7. The van der Waals surface area contributed by atoms with Gasteiger partial charge in [-0.1, -0.05) is 18.2 Å². The molecule has 6 heteroatoms. The lowest BCUT2D eigenvalue weighted by atomic mass is 10.0. The SMILES string of the molecule is O=C(CSc1ccc2c(c1)OCCO2)N1CCc2[nH]c3ccccc3c2C1. The highest BCUT2D eigenvalue weighted by Gasteiger charge is 2.24. The Kier molecular flexibility index (Phi) is 4.20. The Morgan fingerprint density at radius 2 is 1.96 bits per heavy atom. The van der Waals surface area contributed by atoms with Crippen LogP contribution < -0.4 is 9.47 Å². The van der Waals surface area contributed by atoms with Crippen LogP contribution in [0, 0.1) is 0 Å². The second kappa shape index (κ2) is 6.85. The summed E-state index contributed by atoms with van der Waals surface area (Å²) in [6.45, 7) is 2.60. The molecule has 2 aromatic carbocycles. The van der Waals surface area contributed by atoms with Crippen molar-refractivity contribution in [2.45, 2.75) is 17.9 Å². The molecular weight excluding hydrogens is 360 g/mol. The third kappa shape index (κ3) is 3.14. The van der Waals surface area contributed by atoms with Crippen molar-refractivity contribution in [1.82, 2.24) is 9.88 Å². The maximum Gasteiger partial charge on any atom is 0.233 e. The third-order valence-electron chi connectivity index (χ3n) is 5.11. The van der Waals surface area contributed by atoms with Gasteiger partial charge in [-0.15, -0.1) is 11.8 Å². The minimum absolute atomic E-state index is 0.172. The number of ether oxygens (including phenoxy) is 2. The average Bonchev–Trinajstić information content (AvgIpc) is 3.09. The number of nitrogens with zero attached hydrogens (tertiary/aromatic N) is 1. The molecule has 0 unspecified atom stereocenters. The van der Waals surface area contributed by atoms with Gasteiger partial charge in [-0.05, 0) is 24.3 Å². The minimum Gasteiger partial charge on any atom is -0.486 e. The fourth-order valence-electron chi connectivity index (χ4n) is 3.73. The molecule has 0 radical (unpaired) electrons. The van der Waals surface area contributed by atoms with Gasteiger partial charge < -0.3 is 19.4 Å². The fourth-order valence-corrected chi connectivity index (χ4v) is 4.56. The number of fused-ring (bicyclic) bond motifs is 4. The van der Waals surface area contributed by atoms with Crippen molar-refractivity contribution in [3.8, 4) is 11.5 Å². The lowest BCUT2D eigenvalue weighted by Gasteiger charge is -2.27. The summed E-state index contributed by atoms with van der Waals surface area (Å²) in [6.07, 6.45) is 0.879. The van der Waals surface area contributed by atoms with Crippen LogP contribution in [0.1, 0.15) is 11.3 Å². The number of aromatic nitrogens is 1. The van der Waals surface area contributed by atoms with E-state index in [4.69, 9.17) is 9.47 Å². The second-order valence-corrected chi connectivity index (χ2v) is 7.84. The predicted octanol–water partition coefficient (Wildman–Crippen LogP) is 3.62. The normalized spacial score (nSPS) is 15.6. The number of hydrogen-bond acceptors (Lipinski definition) is 4. The van der Waals surface area contributed by atoms with E-state index in [1.54, 1.807) is 11.8 Å². The van der Waals surface area contributed by atoms with E-state index in [1.807, 2.05) is 29.2 Å². The van der Waals surface area contributed by atoms with Crippen molar-refractivity contribution in [2.75, 3.05) is 25.5 Å². The maximum atomic E-state index is 12.8. The highest BCUT2D eigenvalue weighted by atomic mass is 32.2. The van der Waals surface area contributed by atoms with E-state index in [0.717, 1.165) is 34.9 Å². The molecule has 1 aromatic heterocycles. The lowest BCUT2D eigenvalue weighted by Crippen LogP contribution is -2.36. The van der Waals surface area contributed by atoms with E-state index in [2.05, 4.69) is 23.2 Å². The van der Waals surface area contributed by atoms with E-state index in [0.29, 0.717) is 25.5 Å². The molecule has 0 fully saturated rings. The largest absolute Gasteiger partial charge is 0.486 e. The highest BCUT2D eigenvalue weighted by Crippen LogP contribution is 2.34. The zero-order valence-electron chi connectivity index (χ0n) is 14.9. The topological polar surface area (TPSA) is 54.6 Å². The Morgan fingerprint density at radius 1 is 1.11 bits per heavy atom. The zero-order chi connectivity index (χ0) is 18.2. The highest BCUT2D eigenvalue weighted by molar-refractivity contribution is 8.00. The number of thioether (sulfide) groups is 1. The van der Waals surface area contributed by atoms with Crippen LogP contribution >= 0.6 is 11.8 Å². The molecule has 3 aromatic rings. The minimum atomic E-state index is 0.172. The number of H-pyrrole nitrogens is 1. The summed E-state index contributed by atoms with van der Waals surface area (Å²) in [5, 5.41) is 1.23. The Bertz CT molecular complexity index is 1010. The molecule has 3 heterocycles. The molecule has 0 saturated heterocycles. The molecule has 1 amide bonds. The standard InChI is InChI=1S/C21H20N2O3S/c24-21(13-27-14-5-6-19-20(11-14)26-10-9-25-19)23-8-7-18-16(12-23)15-3-1-2-4-17(15)22-18/h1-6,11,22H,7-10,12-13H2. The van der Waals surface area contributed by atoms with Crippen molar-refractivity contribution in [3.63, 3.8) is 0 Å². The molecule has 138 valence electrons. The first-order chi connectivity index (χ1) is 13.3. The van der Waals surface area contributed by atoms with Crippen molar-refractivity contribution < 1.29 is 14.3 Å². The van der Waals surface area contributed by atoms with Gasteiger partial charge in [0.05, 0.1) is 5.75 Å². The molecular formula is C21H20N2O3S. The number of nitrogens with one attached hydrogen (secondary N) is 1. The summed E-state index contributed by atoms with van der Waals surface area (Å²) in [4.78, 5) is 19.3. The van der Waals surface area contributed by atoms with E-state index < -0.39 is 0 Å². The van der Waals surface area contributed by atoms with Gasteiger partial charge in [-0.3, -0.25) is 4.79 Å². The third-order valence-corrected chi connectivity index (χ3v) is 6.09. The molecule has 27 heavy (non-hydrogen) atoms. The van der Waals surface area contributed by atoms with Crippen LogP contribution in [0.4, 0.5) is 0 Å². The van der Waals surface area contributed by atoms with Gasteiger partial charge in [-0.25, -0.2) is 0 Å². The molecule has 0 spiro atoms. The van der Waals surface area contributed by atoms with Crippen LogP contribution in [0.2, 0.25) is 0 Å². The van der Waals surface area contributed by atoms with Gasteiger partial charge in [0.1, 0.15) is 13.2 Å². The van der Waals surface area contributed by atoms with Gasteiger partial charge in [0, 0.05) is 46.6 Å². The Labute approximate surface area is 161 Å². The molecule has 0 atom stereocenters. The van der Waals surface area contributed by atoms with E-state index in [-0.39, 0.29) is 5.91 Å². The van der Waals surface area contributed by atoms with Gasteiger partial charge in [0.25, 0.3) is 0 Å². The van der Waals surface area contributed by atoms with Gasteiger partial charge in [-0.2, -0.15) is 0 Å². The number of hydrogen-bond donors (Lipinski definition) is 1. The number of para-hydroxylation sites is 1. The average molecular weight is 380 g/mol.